The van der Waals surface area contributed by atoms with Crippen molar-refractivity contribution < 1.29 is 4.79 Å². The number of nitrogen functional groups attached to an aromatic ring is 1. The van der Waals surface area contributed by atoms with Crippen LogP contribution in [-0.4, -0.2) is 5.91 Å². The van der Waals surface area contributed by atoms with Gasteiger partial charge in [0, 0.05) is 18.3 Å². The standard InChI is InChI=1S/C22H21N3O/c23-20-8-4-5-9-21(20)25-22(26)15-14-17-10-12-18(13-11-17)16-24-19-6-2-1-3-7-19/h1-15,24H,16,23H2,(H,25,26)/b15-14-. The molecule has 3 rings (SSSR count). The Hall–Kier alpha value is -3.53. The van der Waals surface area contributed by atoms with Crippen LogP contribution in [0.3, 0.4) is 0 Å². The molecule has 0 atom stereocenters. The highest BCUT2D eigenvalue weighted by Crippen LogP contribution is 2.16. The first-order chi connectivity index (χ1) is 12.7. The number of nitrogens with one attached hydrogen (secondary N) is 2. The molecule has 4 N–H and O–H groups in total. The summed E-state index contributed by atoms with van der Waals surface area (Å²) in [5.74, 6) is -0.210. The minimum atomic E-state index is -0.210. The van der Waals surface area contributed by atoms with Crippen LogP contribution >= 0.6 is 0 Å². The van der Waals surface area contributed by atoms with Crippen molar-refractivity contribution in [3.63, 3.8) is 0 Å². The molecule has 0 aliphatic heterocycles. The van der Waals surface area contributed by atoms with E-state index in [-0.39, 0.29) is 5.91 Å². The van der Waals surface area contributed by atoms with Crippen molar-refractivity contribution in [2.45, 2.75) is 6.54 Å². The third kappa shape index (κ3) is 4.98. The van der Waals surface area contributed by atoms with Crippen molar-refractivity contribution in [1.29, 1.82) is 0 Å². The molecule has 0 fully saturated rings. The van der Waals surface area contributed by atoms with Gasteiger partial charge in [-0.15, -0.1) is 0 Å². The smallest absolute Gasteiger partial charge is 0.248 e. The third-order valence-electron chi connectivity index (χ3n) is 3.90. The number of hydrogen-bond donors (Lipinski definition) is 3. The van der Waals surface area contributed by atoms with Crippen molar-refractivity contribution >= 4 is 29.0 Å². The molecular formula is C22H21N3O. The second-order valence-corrected chi connectivity index (χ2v) is 5.87. The molecule has 0 aromatic heterocycles. The predicted octanol–water partition coefficient (Wildman–Crippen LogP) is 4.53. The lowest BCUT2D eigenvalue weighted by atomic mass is 10.1. The third-order valence-corrected chi connectivity index (χ3v) is 3.90. The summed E-state index contributed by atoms with van der Waals surface area (Å²) in [6.07, 6.45) is 3.28. The van der Waals surface area contributed by atoms with Crippen LogP contribution in [0.25, 0.3) is 6.08 Å². The number of benzene rings is 3. The maximum absolute atomic E-state index is 12.0. The van der Waals surface area contributed by atoms with Crippen LogP contribution in [0, 0.1) is 0 Å². The molecule has 0 unspecified atom stereocenters. The first-order valence-electron chi connectivity index (χ1n) is 8.42. The Morgan fingerprint density at radius 3 is 2.31 bits per heavy atom. The molecule has 4 heteroatoms. The van der Waals surface area contributed by atoms with E-state index in [4.69, 9.17) is 5.73 Å². The molecule has 1 amide bonds. The Morgan fingerprint density at radius 2 is 1.58 bits per heavy atom. The quantitative estimate of drug-likeness (QED) is 0.455. The molecule has 3 aromatic carbocycles. The van der Waals surface area contributed by atoms with E-state index in [1.54, 1.807) is 18.2 Å². The Balaban J connectivity index is 1.54. The van der Waals surface area contributed by atoms with Gasteiger partial charge in [0.05, 0.1) is 11.4 Å². The summed E-state index contributed by atoms with van der Waals surface area (Å²) in [7, 11) is 0. The fourth-order valence-electron chi connectivity index (χ4n) is 2.46. The number of carbonyl (C=O) groups is 1. The first-order valence-corrected chi connectivity index (χ1v) is 8.42. The van der Waals surface area contributed by atoms with Gasteiger partial charge in [0.15, 0.2) is 0 Å². The van der Waals surface area contributed by atoms with Gasteiger partial charge >= 0.3 is 0 Å². The van der Waals surface area contributed by atoms with E-state index in [1.165, 1.54) is 11.6 Å². The van der Waals surface area contributed by atoms with Gasteiger partial charge in [0.25, 0.3) is 0 Å². The minimum Gasteiger partial charge on any atom is -0.397 e. The van der Waals surface area contributed by atoms with E-state index in [0.717, 1.165) is 17.8 Å². The maximum Gasteiger partial charge on any atom is 0.248 e. The second kappa shape index (κ2) is 8.53. The number of hydrogen-bond acceptors (Lipinski definition) is 3. The first kappa shape index (κ1) is 17.3. The Bertz CT molecular complexity index is 887. The number of carbonyl (C=O) groups excluding carboxylic acids is 1. The van der Waals surface area contributed by atoms with E-state index >= 15 is 0 Å². The normalized spacial score (nSPS) is 10.6. The molecule has 26 heavy (non-hydrogen) atoms. The Kier molecular flexibility index (Phi) is 5.68. The molecule has 0 saturated carbocycles. The van der Waals surface area contributed by atoms with Crippen molar-refractivity contribution in [2.24, 2.45) is 0 Å². The molecule has 0 aliphatic rings. The summed E-state index contributed by atoms with van der Waals surface area (Å²) in [6, 6.07) is 25.3. The van der Waals surface area contributed by atoms with E-state index < -0.39 is 0 Å². The molecule has 3 aromatic rings. The second-order valence-electron chi connectivity index (χ2n) is 5.87. The summed E-state index contributed by atoms with van der Waals surface area (Å²) in [4.78, 5) is 12.0. The van der Waals surface area contributed by atoms with Crippen molar-refractivity contribution in [1.82, 2.24) is 0 Å². The SMILES string of the molecule is Nc1ccccc1NC(=O)/C=C\c1ccc(CNc2ccccc2)cc1. The van der Waals surface area contributed by atoms with Gasteiger partial charge in [0.2, 0.25) is 5.91 Å². The van der Waals surface area contributed by atoms with Gasteiger partial charge in [-0.1, -0.05) is 54.6 Å². The van der Waals surface area contributed by atoms with Gasteiger partial charge < -0.3 is 16.4 Å². The van der Waals surface area contributed by atoms with E-state index in [9.17, 15) is 4.79 Å². The van der Waals surface area contributed by atoms with Crippen LogP contribution in [0.1, 0.15) is 11.1 Å². The molecule has 0 heterocycles. The van der Waals surface area contributed by atoms with Crippen LogP contribution in [0.15, 0.2) is 84.9 Å². The zero-order valence-electron chi connectivity index (χ0n) is 14.4. The number of para-hydroxylation sites is 3. The molecule has 0 aliphatic carbocycles. The molecule has 0 bridgehead atoms. The van der Waals surface area contributed by atoms with Crippen LogP contribution in [-0.2, 0) is 11.3 Å². The zero-order chi connectivity index (χ0) is 18.2. The van der Waals surface area contributed by atoms with Gasteiger partial charge in [-0.2, -0.15) is 0 Å². The highest BCUT2D eigenvalue weighted by molar-refractivity contribution is 6.03. The van der Waals surface area contributed by atoms with Gasteiger partial charge in [-0.3, -0.25) is 4.79 Å². The minimum absolute atomic E-state index is 0.210. The average Bonchev–Trinajstić information content (AvgIpc) is 2.68. The molecule has 0 saturated heterocycles. The summed E-state index contributed by atoms with van der Waals surface area (Å²) >= 11 is 0. The van der Waals surface area contributed by atoms with Gasteiger partial charge in [-0.05, 0) is 41.5 Å². The van der Waals surface area contributed by atoms with Crippen LogP contribution in [0.4, 0.5) is 17.1 Å². The van der Waals surface area contributed by atoms with Crippen LogP contribution in [0.2, 0.25) is 0 Å². The lowest BCUT2D eigenvalue weighted by molar-refractivity contribution is -0.111. The van der Waals surface area contributed by atoms with Gasteiger partial charge in [0.1, 0.15) is 0 Å². The summed E-state index contributed by atoms with van der Waals surface area (Å²) < 4.78 is 0. The molecule has 4 nitrogen and oxygen atoms in total. The van der Waals surface area contributed by atoms with Crippen molar-refractivity contribution in [2.75, 3.05) is 16.4 Å². The molecule has 0 spiro atoms. The monoisotopic (exact) mass is 343 g/mol. The van der Waals surface area contributed by atoms with Crippen molar-refractivity contribution in [3.05, 3.63) is 96.1 Å². The predicted molar refractivity (Wildman–Crippen MR) is 109 cm³/mol. The van der Waals surface area contributed by atoms with Crippen LogP contribution < -0.4 is 16.4 Å². The summed E-state index contributed by atoms with van der Waals surface area (Å²) in [5, 5.41) is 6.14. The van der Waals surface area contributed by atoms with E-state index in [2.05, 4.69) is 10.6 Å². The zero-order valence-corrected chi connectivity index (χ0v) is 14.4. The average molecular weight is 343 g/mol. The van der Waals surface area contributed by atoms with E-state index in [0.29, 0.717) is 11.4 Å². The Labute approximate surface area is 153 Å². The number of amides is 1. The highest BCUT2D eigenvalue weighted by Gasteiger charge is 2.01. The molecule has 130 valence electrons. The summed E-state index contributed by atoms with van der Waals surface area (Å²) in [5.41, 5.74) is 10.2. The van der Waals surface area contributed by atoms with Crippen LogP contribution in [0.5, 0.6) is 0 Å². The largest absolute Gasteiger partial charge is 0.397 e. The number of nitrogens with two attached hydrogens (primary N) is 1. The van der Waals surface area contributed by atoms with Gasteiger partial charge in [-0.25, -0.2) is 0 Å². The lowest BCUT2D eigenvalue weighted by Crippen LogP contribution is -2.09. The lowest BCUT2D eigenvalue weighted by Gasteiger charge is -2.06. The van der Waals surface area contributed by atoms with Crippen molar-refractivity contribution in [3.8, 4) is 0 Å². The van der Waals surface area contributed by atoms with E-state index in [1.807, 2.05) is 66.7 Å². The Morgan fingerprint density at radius 1 is 0.885 bits per heavy atom. The maximum atomic E-state index is 12.0. The highest BCUT2D eigenvalue weighted by atomic mass is 16.1. The summed E-state index contributed by atoms with van der Waals surface area (Å²) in [6.45, 7) is 0.752. The molecule has 0 radical (unpaired) electrons. The number of anilines is 3. The fraction of sp³-hybridized carbons (Fsp3) is 0.0455. The number of rotatable bonds is 6. The topological polar surface area (TPSA) is 67.1 Å². The molecular weight excluding hydrogens is 322 g/mol. The fourth-order valence-corrected chi connectivity index (χ4v) is 2.46.